The molecule has 4 heteroatoms. The van der Waals surface area contributed by atoms with E-state index in [4.69, 9.17) is 0 Å². The average Bonchev–Trinajstić information content (AvgIpc) is 2.84. The van der Waals surface area contributed by atoms with Crippen LogP contribution in [0.3, 0.4) is 0 Å². The molecule has 2 atom stereocenters. The number of rotatable bonds is 24. The summed E-state index contributed by atoms with van der Waals surface area (Å²) in [7, 11) is 0. The molecule has 0 aromatic heterocycles. The van der Waals surface area contributed by atoms with Gasteiger partial charge in [-0.05, 0) is 51.4 Å². The molecule has 3 N–H and O–H groups in total. The molecule has 0 aliphatic rings. The van der Waals surface area contributed by atoms with Crippen molar-refractivity contribution in [3.8, 4) is 0 Å². The molecule has 0 aromatic carbocycles. The normalized spacial score (nSPS) is 13.9. The van der Waals surface area contributed by atoms with Crippen molar-refractivity contribution in [1.82, 2.24) is 5.32 Å². The van der Waals surface area contributed by atoms with Gasteiger partial charge in [-0.1, -0.05) is 108 Å². The summed E-state index contributed by atoms with van der Waals surface area (Å²) in [5, 5.41) is 22.5. The SMILES string of the molecule is CCCCC/C=C\C/C=C\CCCCCCCC(=O)NC(CO)C(O)/C=C/CCCCCCC. The summed E-state index contributed by atoms with van der Waals surface area (Å²) in [6, 6.07) is -0.623. The van der Waals surface area contributed by atoms with E-state index in [0.29, 0.717) is 6.42 Å². The van der Waals surface area contributed by atoms with Gasteiger partial charge in [0.05, 0.1) is 18.8 Å². The third kappa shape index (κ3) is 22.4. The first-order valence-corrected chi connectivity index (χ1v) is 14.2. The fourth-order valence-electron chi connectivity index (χ4n) is 3.85. The van der Waals surface area contributed by atoms with Crippen molar-refractivity contribution in [2.75, 3.05) is 6.61 Å². The molecule has 0 saturated carbocycles. The van der Waals surface area contributed by atoms with Gasteiger partial charge in [0, 0.05) is 6.42 Å². The van der Waals surface area contributed by atoms with Crippen molar-refractivity contribution in [2.45, 2.75) is 142 Å². The van der Waals surface area contributed by atoms with Crippen molar-refractivity contribution < 1.29 is 15.0 Å². The maximum Gasteiger partial charge on any atom is 0.220 e. The van der Waals surface area contributed by atoms with Crippen molar-refractivity contribution in [3.63, 3.8) is 0 Å². The van der Waals surface area contributed by atoms with Gasteiger partial charge in [-0.25, -0.2) is 0 Å². The number of hydrogen-bond donors (Lipinski definition) is 3. The summed E-state index contributed by atoms with van der Waals surface area (Å²) in [6.45, 7) is 4.19. The van der Waals surface area contributed by atoms with E-state index in [1.807, 2.05) is 6.08 Å². The lowest BCUT2D eigenvalue weighted by molar-refractivity contribution is -0.123. The average molecular weight is 478 g/mol. The van der Waals surface area contributed by atoms with Gasteiger partial charge in [-0.15, -0.1) is 0 Å². The van der Waals surface area contributed by atoms with E-state index in [2.05, 4.69) is 43.5 Å². The minimum absolute atomic E-state index is 0.0863. The van der Waals surface area contributed by atoms with Crippen LogP contribution in [-0.2, 0) is 4.79 Å². The van der Waals surface area contributed by atoms with Crippen LogP contribution in [0.5, 0.6) is 0 Å². The molecular weight excluding hydrogens is 422 g/mol. The lowest BCUT2D eigenvalue weighted by Gasteiger charge is -2.20. The van der Waals surface area contributed by atoms with Gasteiger partial charge in [0.2, 0.25) is 5.91 Å². The highest BCUT2D eigenvalue weighted by Crippen LogP contribution is 2.09. The smallest absolute Gasteiger partial charge is 0.220 e. The standard InChI is InChI=1S/C30H55NO3/c1-3-5-7-9-11-12-13-14-15-16-17-18-20-22-24-26-30(34)31-28(27-32)29(33)25-23-21-19-10-8-6-4-2/h11-12,14-15,23,25,28-29,32-33H,3-10,13,16-22,24,26-27H2,1-2H3,(H,31,34)/b12-11-,15-14-,25-23+. The lowest BCUT2D eigenvalue weighted by atomic mass is 10.1. The van der Waals surface area contributed by atoms with Crippen LogP contribution in [0.1, 0.15) is 129 Å². The predicted molar refractivity (Wildman–Crippen MR) is 147 cm³/mol. The third-order valence-corrected chi connectivity index (χ3v) is 6.12. The summed E-state index contributed by atoms with van der Waals surface area (Å²) < 4.78 is 0. The first-order chi connectivity index (χ1) is 16.7. The second-order valence-electron chi connectivity index (χ2n) is 9.46. The van der Waals surface area contributed by atoms with Crippen molar-refractivity contribution in [3.05, 3.63) is 36.5 Å². The minimum atomic E-state index is -0.839. The van der Waals surface area contributed by atoms with E-state index < -0.39 is 12.1 Å². The maximum atomic E-state index is 12.2. The summed E-state index contributed by atoms with van der Waals surface area (Å²) in [5.74, 6) is -0.0863. The van der Waals surface area contributed by atoms with E-state index in [-0.39, 0.29) is 12.5 Å². The molecule has 0 rings (SSSR count). The quantitative estimate of drug-likeness (QED) is 0.0992. The zero-order valence-corrected chi connectivity index (χ0v) is 22.4. The number of carbonyl (C=O) groups is 1. The number of aliphatic hydroxyl groups is 2. The largest absolute Gasteiger partial charge is 0.394 e. The number of allylic oxidation sites excluding steroid dienone is 5. The highest BCUT2D eigenvalue weighted by Gasteiger charge is 2.17. The Hall–Kier alpha value is -1.39. The number of amides is 1. The summed E-state index contributed by atoms with van der Waals surface area (Å²) in [4.78, 5) is 12.2. The predicted octanol–water partition coefficient (Wildman–Crippen LogP) is 7.55. The molecule has 0 saturated heterocycles. The monoisotopic (exact) mass is 477 g/mol. The van der Waals surface area contributed by atoms with Gasteiger partial charge < -0.3 is 15.5 Å². The highest BCUT2D eigenvalue weighted by atomic mass is 16.3. The van der Waals surface area contributed by atoms with Crippen LogP contribution in [-0.4, -0.2) is 34.9 Å². The zero-order valence-electron chi connectivity index (χ0n) is 22.4. The highest BCUT2D eigenvalue weighted by molar-refractivity contribution is 5.76. The molecule has 34 heavy (non-hydrogen) atoms. The number of unbranched alkanes of at least 4 members (excludes halogenated alkanes) is 13. The molecule has 0 bridgehead atoms. The summed E-state index contributed by atoms with van der Waals surface area (Å²) in [5.41, 5.74) is 0. The van der Waals surface area contributed by atoms with Crippen LogP contribution in [0, 0.1) is 0 Å². The van der Waals surface area contributed by atoms with E-state index >= 15 is 0 Å². The van der Waals surface area contributed by atoms with Crippen molar-refractivity contribution >= 4 is 5.91 Å². The molecule has 1 amide bonds. The van der Waals surface area contributed by atoms with Gasteiger partial charge in [-0.3, -0.25) is 4.79 Å². The maximum absolute atomic E-state index is 12.2. The van der Waals surface area contributed by atoms with Crippen LogP contribution in [0.15, 0.2) is 36.5 Å². The second kappa shape index (κ2) is 26.2. The van der Waals surface area contributed by atoms with Gasteiger partial charge in [0.25, 0.3) is 0 Å². The van der Waals surface area contributed by atoms with Crippen molar-refractivity contribution in [2.24, 2.45) is 0 Å². The van der Waals surface area contributed by atoms with E-state index in [9.17, 15) is 15.0 Å². The van der Waals surface area contributed by atoms with Gasteiger partial charge in [0.15, 0.2) is 0 Å². The zero-order chi connectivity index (χ0) is 25.1. The van der Waals surface area contributed by atoms with Crippen LogP contribution in [0.25, 0.3) is 0 Å². The lowest BCUT2D eigenvalue weighted by Crippen LogP contribution is -2.45. The summed E-state index contributed by atoms with van der Waals surface area (Å²) in [6.07, 6.45) is 32.2. The Balaban J connectivity index is 3.72. The Bertz CT molecular complexity index is 527. The van der Waals surface area contributed by atoms with Crippen LogP contribution in [0.4, 0.5) is 0 Å². The molecule has 0 aliphatic heterocycles. The first-order valence-electron chi connectivity index (χ1n) is 14.2. The fraction of sp³-hybridized carbons (Fsp3) is 0.767. The van der Waals surface area contributed by atoms with Gasteiger partial charge in [0.1, 0.15) is 0 Å². The Labute approximate surface area is 211 Å². The number of aliphatic hydroxyl groups excluding tert-OH is 2. The van der Waals surface area contributed by atoms with Crippen LogP contribution >= 0.6 is 0 Å². The Morgan fingerprint density at radius 2 is 1.21 bits per heavy atom. The Morgan fingerprint density at radius 1 is 0.706 bits per heavy atom. The molecule has 0 aliphatic carbocycles. The Kier molecular flexibility index (Phi) is 25.1. The van der Waals surface area contributed by atoms with E-state index in [0.717, 1.165) is 44.9 Å². The molecule has 0 fully saturated rings. The minimum Gasteiger partial charge on any atom is -0.394 e. The molecule has 0 heterocycles. The number of nitrogens with one attached hydrogen (secondary N) is 1. The van der Waals surface area contributed by atoms with Gasteiger partial charge in [-0.2, -0.15) is 0 Å². The van der Waals surface area contributed by atoms with E-state index in [1.165, 1.54) is 64.2 Å². The fourth-order valence-corrected chi connectivity index (χ4v) is 3.85. The first kappa shape index (κ1) is 32.6. The number of hydrogen-bond acceptors (Lipinski definition) is 3. The molecule has 0 spiro atoms. The third-order valence-electron chi connectivity index (χ3n) is 6.12. The molecule has 4 nitrogen and oxygen atoms in total. The second-order valence-corrected chi connectivity index (χ2v) is 9.46. The van der Waals surface area contributed by atoms with Crippen LogP contribution in [0.2, 0.25) is 0 Å². The molecule has 2 unspecified atom stereocenters. The molecular formula is C30H55NO3. The van der Waals surface area contributed by atoms with Crippen molar-refractivity contribution in [1.29, 1.82) is 0 Å². The van der Waals surface area contributed by atoms with Crippen LogP contribution < -0.4 is 5.32 Å². The topological polar surface area (TPSA) is 69.6 Å². The van der Waals surface area contributed by atoms with E-state index in [1.54, 1.807) is 6.08 Å². The number of carbonyl (C=O) groups excluding carboxylic acids is 1. The van der Waals surface area contributed by atoms with Gasteiger partial charge >= 0.3 is 0 Å². The summed E-state index contributed by atoms with van der Waals surface area (Å²) >= 11 is 0. The molecule has 198 valence electrons. The molecule has 0 aromatic rings. The Morgan fingerprint density at radius 3 is 1.82 bits per heavy atom. The molecule has 0 radical (unpaired) electrons.